The summed E-state index contributed by atoms with van der Waals surface area (Å²) < 4.78 is 11.1. The van der Waals surface area contributed by atoms with E-state index in [0.717, 1.165) is 0 Å². The molecule has 2 rings (SSSR count). The van der Waals surface area contributed by atoms with Crippen molar-refractivity contribution in [2.24, 2.45) is 0 Å². The zero-order valence-corrected chi connectivity index (χ0v) is 14.1. The van der Waals surface area contributed by atoms with Crippen molar-refractivity contribution in [3.8, 4) is 11.5 Å². The van der Waals surface area contributed by atoms with E-state index in [-0.39, 0.29) is 16.7 Å². The number of fused-ring (bicyclic) bond motifs is 1. The monoisotopic (exact) mass is 334 g/mol. The van der Waals surface area contributed by atoms with Crippen LogP contribution in [0.15, 0.2) is 41.3 Å². The first-order valence-electron chi connectivity index (χ1n) is 7.37. The Hall–Kier alpha value is -2.27. The molecule has 1 aliphatic heterocycles. The number of Topliss-reactive ketones (excluding diaryl/α,β-unsaturated/α-hetero) is 1. The molecule has 1 aromatic carbocycles. The quantitative estimate of drug-likeness (QED) is 0.603. The number of benzene rings is 1. The van der Waals surface area contributed by atoms with Gasteiger partial charge in [-0.1, -0.05) is 37.6 Å². The number of rotatable bonds is 6. The van der Waals surface area contributed by atoms with Gasteiger partial charge in [-0.2, -0.15) is 0 Å². The van der Waals surface area contributed by atoms with Crippen LogP contribution in [0.3, 0.4) is 0 Å². The molecule has 23 heavy (non-hydrogen) atoms. The van der Waals surface area contributed by atoms with Crippen molar-refractivity contribution >= 4 is 28.2 Å². The van der Waals surface area contributed by atoms with Crippen molar-refractivity contribution in [1.82, 2.24) is 0 Å². The predicted octanol–water partition coefficient (Wildman–Crippen LogP) is 4.24. The van der Waals surface area contributed by atoms with Crippen LogP contribution in [0.1, 0.15) is 26.7 Å². The SMILES string of the molecule is CC/C=C(\C(=O)CC)C1=C(C(=N)Cl)Oc2cccc(OC)c2N1. The van der Waals surface area contributed by atoms with Gasteiger partial charge in [0.05, 0.1) is 12.8 Å². The molecule has 0 saturated carbocycles. The molecule has 0 bridgehead atoms. The Morgan fingerprint density at radius 3 is 2.74 bits per heavy atom. The second-order valence-electron chi connectivity index (χ2n) is 4.88. The van der Waals surface area contributed by atoms with E-state index in [4.69, 9.17) is 26.5 Å². The maximum absolute atomic E-state index is 12.3. The lowest BCUT2D eigenvalue weighted by atomic mass is 10.0. The molecule has 0 spiro atoms. The molecule has 0 radical (unpaired) electrons. The molecule has 1 aromatic rings. The minimum atomic E-state index is -0.271. The number of nitrogens with one attached hydrogen (secondary N) is 2. The largest absolute Gasteiger partial charge is 0.494 e. The van der Waals surface area contributed by atoms with Crippen molar-refractivity contribution in [2.75, 3.05) is 12.4 Å². The van der Waals surface area contributed by atoms with Crippen molar-refractivity contribution in [1.29, 1.82) is 5.41 Å². The highest BCUT2D eigenvalue weighted by molar-refractivity contribution is 6.68. The third-order valence-electron chi connectivity index (χ3n) is 3.40. The number of allylic oxidation sites excluding steroid dienone is 3. The molecular formula is C17H19ClN2O3. The Morgan fingerprint density at radius 1 is 1.43 bits per heavy atom. The summed E-state index contributed by atoms with van der Waals surface area (Å²) >= 11 is 5.87. The lowest BCUT2D eigenvalue weighted by Crippen LogP contribution is -2.22. The zero-order chi connectivity index (χ0) is 17.0. The number of carbonyl (C=O) groups excluding carboxylic acids is 1. The van der Waals surface area contributed by atoms with Crippen LogP contribution in [0, 0.1) is 5.41 Å². The van der Waals surface area contributed by atoms with Gasteiger partial charge in [0, 0.05) is 12.0 Å². The normalized spacial score (nSPS) is 13.8. The molecule has 122 valence electrons. The number of halogens is 1. The summed E-state index contributed by atoms with van der Waals surface area (Å²) in [7, 11) is 1.56. The molecular weight excluding hydrogens is 316 g/mol. The zero-order valence-electron chi connectivity index (χ0n) is 13.3. The van der Waals surface area contributed by atoms with Crippen molar-refractivity contribution in [2.45, 2.75) is 26.7 Å². The van der Waals surface area contributed by atoms with Gasteiger partial charge >= 0.3 is 0 Å². The van der Waals surface area contributed by atoms with Gasteiger partial charge in [-0.15, -0.1) is 0 Å². The van der Waals surface area contributed by atoms with Crippen LogP contribution < -0.4 is 14.8 Å². The van der Waals surface area contributed by atoms with Gasteiger partial charge in [-0.25, -0.2) is 0 Å². The number of carbonyl (C=O) groups is 1. The van der Waals surface area contributed by atoms with E-state index < -0.39 is 0 Å². The van der Waals surface area contributed by atoms with Gasteiger partial charge in [-0.05, 0) is 18.6 Å². The first kappa shape index (κ1) is 17.1. The Kier molecular flexibility index (Phi) is 5.45. The van der Waals surface area contributed by atoms with Gasteiger partial charge in [-0.3, -0.25) is 10.2 Å². The minimum Gasteiger partial charge on any atom is -0.494 e. The highest BCUT2D eigenvalue weighted by atomic mass is 35.5. The second kappa shape index (κ2) is 7.33. The van der Waals surface area contributed by atoms with E-state index in [0.29, 0.717) is 41.3 Å². The molecule has 0 amide bonds. The molecule has 2 N–H and O–H groups in total. The Bertz CT molecular complexity index is 708. The maximum atomic E-state index is 12.3. The summed E-state index contributed by atoms with van der Waals surface area (Å²) in [6, 6.07) is 5.31. The smallest absolute Gasteiger partial charge is 0.188 e. The molecule has 1 aliphatic rings. The Balaban J connectivity index is 2.60. The molecule has 0 aliphatic carbocycles. The summed E-state index contributed by atoms with van der Waals surface area (Å²) in [6.45, 7) is 3.73. The number of ether oxygens (including phenoxy) is 2. The number of para-hydroxylation sites is 1. The van der Waals surface area contributed by atoms with Gasteiger partial charge in [0.15, 0.2) is 22.5 Å². The van der Waals surface area contributed by atoms with Gasteiger partial charge < -0.3 is 14.8 Å². The van der Waals surface area contributed by atoms with Crippen LogP contribution in [-0.4, -0.2) is 18.1 Å². The van der Waals surface area contributed by atoms with Gasteiger partial charge in [0.25, 0.3) is 0 Å². The topological polar surface area (TPSA) is 71.4 Å². The fourth-order valence-corrected chi connectivity index (χ4v) is 2.46. The van der Waals surface area contributed by atoms with Crippen molar-refractivity contribution in [3.63, 3.8) is 0 Å². The molecule has 6 heteroatoms. The summed E-state index contributed by atoms with van der Waals surface area (Å²) in [5.74, 6) is 1.16. The van der Waals surface area contributed by atoms with Crippen LogP contribution in [0.5, 0.6) is 11.5 Å². The molecule has 0 fully saturated rings. The summed E-state index contributed by atoms with van der Waals surface area (Å²) in [5.41, 5.74) is 1.47. The van der Waals surface area contributed by atoms with E-state index in [1.165, 1.54) is 0 Å². The van der Waals surface area contributed by atoms with Crippen LogP contribution in [-0.2, 0) is 4.79 Å². The van der Waals surface area contributed by atoms with Crippen LogP contribution in [0.25, 0.3) is 0 Å². The van der Waals surface area contributed by atoms with E-state index in [1.807, 2.05) is 6.92 Å². The first-order valence-corrected chi connectivity index (χ1v) is 7.75. The second-order valence-corrected chi connectivity index (χ2v) is 5.26. The van der Waals surface area contributed by atoms with Crippen LogP contribution in [0.4, 0.5) is 5.69 Å². The third-order valence-corrected chi connectivity index (χ3v) is 3.57. The Labute approximate surface area is 140 Å². The summed E-state index contributed by atoms with van der Waals surface area (Å²) in [5, 5.41) is 10.6. The van der Waals surface area contributed by atoms with Crippen molar-refractivity contribution in [3.05, 3.63) is 41.3 Å². The average Bonchev–Trinajstić information content (AvgIpc) is 2.57. The van der Waals surface area contributed by atoms with Crippen LogP contribution >= 0.6 is 11.6 Å². The average molecular weight is 335 g/mol. The molecule has 0 unspecified atom stereocenters. The van der Waals surface area contributed by atoms with Crippen molar-refractivity contribution < 1.29 is 14.3 Å². The van der Waals surface area contributed by atoms with E-state index in [2.05, 4.69) is 5.32 Å². The standard InChI is InChI=1S/C17H19ClN2O3/c1-4-7-10(11(21)5-2)14-16(17(18)19)23-13-9-6-8-12(22-3)15(13)20-14/h6-9,19-20H,4-5H2,1-3H3/b10-7+,19-17?. The number of hydrogen-bond acceptors (Lipinski definition) is 5. The Morgan fingerprint density at radius 2 is 2.17 bits per heavy atom. The number of hydrogen-bond donors (Lipinski definition) is 2. The fraction of sp³-hybridized carbons (Fsp3) is 0.294. The first-order chi connectivity index (χ1) is 11.0. The summed E-state index contributed by atoms with van der Waals surface area (Å²) in [4.78, 5) is 12.3. The molecule has 0 atom stereocenters. The van der Waals surface area contributed by atoms with E-state index in [1.54, 1.807) is 38.3 Å². The van der Waals surface area contributed by atoms with Gasteiger partial charge in [0.2, 0.25) is 0 Å². The fourth-order valence-electron chi connectivity index (χ4n) is 2.33. The number of ketones is 1. The lowest BCUT2D eigenvalue weighted by molar-refractivity contribution is -0.115. The highest BCUT2D eigenvalue weighted by Crippen LogP contribution is 2.41. The van der Waals surface area contributed by atoms with Gasteiger partial charge in [0.1, 0.15) is 11.4 Å². The predicted molar refractivity (Wildman–Crippen MR) is 91.5 cm³/mol. The molecule has 1 heterocycles. The summed E-state index contributed by atoms with van der Waals surface area (Å²) in [6.07, 6.45) is 2.82. The third kappa shape index (κ3) is 3.40. The highest BCUT2D eigenvalue weighted by Gasteiger charge is 2.28. The molecule has 0 saturated heterocycles. The van der Waals surface area contributed by atoms with E-state index >= 15 is 0 Å². The molecule has 0 aromatic heterocycles. The maximum Gasteiger partial charge on any atom is 0.188 e. The minimum absolute atomic E-state index is 0.0493. The number of methoxy groups -OCH3 is 1. The molecule has 5 nitrogen and oxygen atoms in total. The number of anilines is 1. The lowest BCUT2D eigenvalue weighted by Gasteiger charge is -2.26. The van der Waals surface area contributed by atoms with Crippen LogP contribution in [0.2, 0.25) is 0 Å². The van der Waals surface area contributed by atoms with E-state index in [9.17, 15) is 4.79 Å².